The maximum absolute atomic E-state index is 11.4. The number of halogens is 1. The number of hydrogen-bond acceptors (Lipinski definition) is 4. The van der Waals surface area contributed by atoms with Gasteiger partial charge in [-0.3, -0.25) is 4.79 Å². The molecule has 88 valence electrons. The van der Waals surface area contributed by atoms with Gasteiger partial charge in [0.05, 0.1) is 12.5 Å². The van der Waals surface area contributed by atoms with E-state index in [-0.39, 0.29) is 18.4 Å². The van der Waals surface area contributed by atoms with Gasteiger partial charge >= 0.3 is 5.97 Å². The van der Waals surface area contributed by atoms with Crippen LogP contribution in [0.3, 0.4) is 0 Å². The normalized spacial score (nSPS) is 23.7. The van der Waals surface area contributed by atoms with Crippen LogP contribution in [0.1, 0.15) is 19.8 Å². The van der Waals surface area contributed by atoms with Crippen molar-refractivity contribution in [1.82, 2.24) is 4.31 Å². The molecule has 0 aromatic carbocycles. The summed E-state index contributed by atoms with van der Waals surface area (Å²) >= 11 is 0. The smallest absolute Gasteiger partial charge is 0.310 e. The monoisotopic (exact) mass is 255 g/mol. The molecule has 1 fully saturated rings. The van der Waals surface area contributed by atoms with Crippen LogP contribution < -0.4 is 0 Å². The minimum Gasteiger partial charge on any atom is -0.466 e. The van der Waals surface area contributed by atoms with Crippen LogP contribution in [0.25, 0.3) is 0 Å². The van der Waals surface area contributed by atoms with Gasteiger partial charge in [-0.2, -0.15) is 12.7 Å². The molecule has 15 heavy (non-hydrogen) atoms. The molecule has 1 atom stereocenters. The number of rotatable bonds is 3. The Morgan fingerprint density at radius 1 is 1.60 bits per heavy atom. The predicted molar refractivity (Wildman–Crippen MR) is 55.7 cm³/mol. The number of nitrogens with zero attached hydrogens (tertiary/aromatic N) is 1. The Morgan fingerprint density at radius 2 is 2.27 bits per heavy atom. The summed E-state index contributed by atoms with van der Waals surface area (Å²) in [5, 5.41) is 0. The molecule has 0 aliphatic carbocycles. The Kier molecular flexibility index (Phi) is 4.36. The van der Waals surface area contributed by atoms with Gasteiger partial charge in [0.15, 0.2) is 0 Å². The second-order valence-electron chi connectivity index (χ2n) is 3.39. The van der Waals surface area contributed by atoms with Gasteiger partial charge in [0, 0.05) is 23.8 Å². The van der Waals surface area contributed by atoms with E-state index in [1.54, 1.807) is 6.92 Å². The van der Waals surface area contributed by atoms with Gasteiger partial charge in [-0.05, 0) is 19.8 Å². The quantitative estimate of drug-likeness (QED) is 0.551. The lowest BCUT2D eigenvalue weighted by Crippen LogP contribution is -2.40. The largest absolute Gasteiger partial charge is 0.466 e. The summed E-state index contributed by atoms with van der Waals surface area (Å²) in [4.78, 5) is 11.4. The molecule has 7 heteroatoms. The molecule has 1 aliphatic heterocycles. The van der Waals surface area contributed by atoms with Crippen molar-refractivity contribution in [3.8, 4) is 0 Å². The molecule has 0 aromatic rings. The summed E-state index contributed by atoms with van der Waals surface area (Å²) < 4.78 is 28.1. The Labute approximate surface area is 93.9 Å². The first-order valence-electron chi connectivity index (χ1n) is 4.81. The minimum atomic E-state index is -3.71. The highest BCUT2D eigenvalue weighted by Gasteiger charge is 2.31. The van der Waals surface area contributed by atoms with Crippen molar-refractivity contribution in [2.45, 2.75) is 19.8 Å². The van der Waals surface area contributed by atoms with Gasteiger partial charge in [0.2, 0.25) is 0 Å². The Hall–Kier alpha value is -0.330. The van der Waals surface area contributed by atoms with Gasteiger partial charge in [-0.25, -0.2) is 0 Å². The third kappa shape index (κ3) is 3.62. The van der Waals surface area contributed by atoms with E-state index in [2.05, 4.69) is 0 Å². The topological polar surface area (TPSA) is 63.7 Å². The summed E-state index contributed by atoms with van der Waals surface area (Å²) in [7, 11) is 1.50. The fraction of sp³-hybridized carbons (Fsp3) is 0.875. The molecule has 0 bridgehead atoms. The fourth-order valence-electron chi connectivity index (χ4n) is 1.59. The number of hydrogen-bond donors (Lipinski definition) is 0. The van der Waals surface area contributed by atoms with E-state index in [1.807, 2.05) is 0 Å². The summed E-state index contributed by atoms with van der Waals surface area (Å²) in [5.74, 6) is -0.727. The van der Waals surface area contributed by atoms with E-state index in [4.69, 9.17) is 15.4 Å². The van der Waals surface area contributed by atoms with Crippen molar-refractivity contribution in [1.29, 1.82) is 0 Å². The highest BCUT2D eigenvalue weighted by molar-refractivity contribution is 8.11. The van der Waals surface area contributed by atoms with Crippen LogP contribution in [0.15, 0.2) is 0 Å². The molecule has 1 rings (SSSR count). The predicted octanol–water partition coefficient (Wildman–Crippen LogP) is 0.745. The summed E-state index contributed by atoms with van der Waals surface area (Å²) in [5.41, 5.74) is 0. The van der Waals surface area contributed by atoms with Crippen LogP contribution in [0, 0.1) is 5.92 Å². The summed E-state index contributed by atoms with van der Waals surface area (Å²) in [6, 6.07) is 0. The number of carbonyl (C=O) groups is 1. The van der Waals surface area contributed by atoms with Crippen molar-refractivity contribution in [2.24, 2.45) is 5.92 Å². The van der Waals surface area contributed by atoms with E-state index in [9.17, 15) is 13.2 Å². The summed E-state index contributed by atoms with van der Waals surface area (Å²) in [6.07, 6.45) is 1.29. The lowest BCUT2D eigenvalue weighted by molar-refractivity contribution is -0.149. The van der Waals surface area contributed by atoms with Crippen LogP contribution in [-0.2, 0) is 18.8 Å². The van der Waals surface area contributed by atoms with Crippen LogP contribution in [0.4, 0.5) is 0 Å². The third-order valence-electron chi connectivity index (χ3n) is 2.31. The van der Waals surface area contributed by atoms with Crippen molar-refractivity contribution < 1.29 is 17.9 Å². The molecule has 1 saturated heterocycles. The number of esters is 1. The average molecular weight is 256 g/mol. The minimum absolute atomic E-state index is 0.130. The molecule has 1 aliphatic rings. The van der Waals surface area contributed by atoms with Gasteiger partial charge in [-0.1, -0.05) is 0 Å². The average Bonchev–Trinajstić information content (AvgIpc) is 2.17. The van der Waals surface area contributed by atoms with Crippen LogP contribution >= 0.6 is 10.7 Å². The zero-order chi connectivity index (χ0) is 11.5. The molecule has 1 unspecified atom stereocenters. The zero-order valence-corrected chi connectivity index (χ0v) is 10.1. The Bertz CT molecular complexity index is 330. The molecule has 0 radical (unpaired) electrons. The number of carbonyl (C=O) groups excluding carboxylic acids is 1. The van der Waals surface area contributed by atoms with E-state index in [0.717, 1.165) is 4.31 Å². The van der Waals surface area contributed by atoms with Crippen LogP contribution in [-0.4, -0.2) is 38.4 Å². The van der Waals surface area contributed by atoms with Crippen molar-refractivity contribution in [3.63, 3.8) is 0 Å². The molecule has 0 amide bonds. The fourth-order valence-corrected chi connectivity index (χ4v) is 2.67. The van der Waals surface area contributed by atoms with Crippen molar-refractivity contribution in [2.75, 3.05) is 19.7 Å². The summed E-state index contributed by atoms with van der Waals surface area (Å²) in [6.45, 7) is 2.53. The SMILES string of the molecule is CCOC(=O)C1CCCN(S(=O)(=O)Cl)C1. The van der Waals surface area contributed by atoms with Gasteiger partial charge in [-0.15, -0.1) is 0 Å². The molecular formula is C8H14ClNO4S. The first kappa shape index (κ1) is 12.7. The highest BCUT2D eigenvalue weighted by Crippen LogP contribution is 2.21. The maximum Gasteiger partial charge on any atom is 0.310 e. The van der Waals surface area contributed by atoms with Gasteiger partial charge in [0.25, 0.3) is 9.24 Å². The van der Waals surface area contributed by atoms with Gasteiger partial charge in [0.1, 0.15) is 0 Å². The number of ether oxygens (including phenoxy) is 1. The van der Waals surface area contributed by atoms with Crippen molar-refractivity contribution >= 4 is 25.9 Å². The van der Waals surface area contributed by atoms with E-state index >= 15 is 0 Å². The standard InChI is InChI=1S/C8H14ClNO4S/c1-2-14-8(11)7-4-3-5-10(6-7)15(9,12)13/h7H,2-6H2,1H3. The van der Waals surface area contributed by atoms with E-state index in [0.29, 0.717) is 26.0 Å². The van der Waals surface area contributed by atoms with Crippen LogP contribution in [0.5, 0.6) is 0 Å². The second-order valence-corrected chi connectivity index (χ2v) is 5.90. The van der Waals surface area contributed by atoms with Crippen molar-refractivity contribution in [3.05, 3.63) is 0 Å². The lowest BCUT2D eigenvalue weighted by atomic mass is 10.0. The second kappa shape index (κ2) is 5.14. The van der Waals surface area contributed by atoms with Gasteiger partial charge < -0.3 is 4.74 Å². The molecule has 0 N–H and O–H groups in total. The Morgan fingerprint density at radius 3 is 2.80 bits per heavy atom. The lowest BCUT2D eigenvalue weighted by Gasteiger charge is -2.28. The Balaban J connectivity index is 2.60. The molecule has 0 spiro atoms. The molecule has 0 aromatic heterocycles. The van der Waals surface area contributed by atoms with E-state index < -0.39 is 9.24 Å². The molecule has 0 saturated carbocycles. The first-order valence-corrected chi connectivity index (χ1v) is 7.08. The molecule has 1 heterocycles. The maximum atomic E-state index is 11.4. The third-order valence-corrected chi connectivity index (χ3v) is 3.85. The first-order chi connectivity index (χ1) is 6.95. The zero-order valence-electron chi connectivity index (χ0n) is 8.48. The van der Waals surface area contributed by atoms with Crippen LogP contribution in [0.2, 0.25) is 0 Å². The highest BCUT2D eigenvalue weighted by atomic mass is 35.7. The number of piperidine rings is 1. The van der Waals surface area contributed by atoms with E-state index in [1.165, 1.54) is 0 Å². The molecule has 5 nitrogen and oxygen atoms in total. The molecular weight excluding hydrogens is 242 g/mol.